The van der Waals surface area contributed by atoms with Crippen molar-refractivity contribution < 1.29 is 0 Å². The summed E-state index contributed by atoms with van der Waals surface area (Å²) in [5.74, 6) is 0. The van der Waals surface area contributed by atoms with Gasteiger partial charge >= 0.3 is 0 Å². The second-order valence-electron chi connectivity index (χ2n) is 3.20. The molecule has 0 atom stereocenters. The lowest BCUT2D eigenvalue weighted by Crippen LogP contribution is -1.72. The quantitative estimate of drug-likeness (QED) is 0.543. The van der Waals surface area contributed by atoms with Gasteiger partial charge in [-0.15, -0.1) is 0 Å². The van der Waals surface area contributed by atoms with E-state index < -0.39 is 0 Å². The molecule has 0 saturated carbocycles. The molecular formula is C16H17N. The predicted molar refractivity (Wildman–Crippen MR) is 75.2 cm³/mol. The summed E-state index contributed by atoms with van der Waals surface area (Å²) in [5.41, 5.74) is 1.74. The van der Waals surface area contributed by atoms with Crippen LogP contribution in [0.5, 0.6) is 0 Å². The van der Waals surface area contributed by atoms with Gasteiger partial charge in [-0.1, -0.05) is 74.4 Å². The largest absolute Gasteiger partial charge is 0.193 e. The molecule has 0 amide bonds. The monoisotopic (exact) mass is 223 g/mol. The third-order valence-corrected chi connectivity index (χ3v) is 1.80. The molecule has 0 saturated heterocycles. The first kappa shape index (κ1) is 14.7. The van der Waals surface area contributed by atoms with E-state index in [1.54, 1.807) is 12.2 Å². The minimum Gasteiger partial charge on any atom is -0.193 e. The number of allylic oxidation sites excluding steroid dienone is 4. The smallest absolute Gasteiger partial charge is 0.0944 e. The number of hydrogen-bond acceptors (Lipinski definition) is 1. The maximum atomic E-state index is 8.45. The molecule has 0 aliphatic rings. The number of hydrogen-bond donors (Lipinski definition) is 0. The lowest BCUT2D eigenvalue weighted by atomic mass is 10.1. The Morgan fingerprint density at radius 3 is 2.24 bits per heavy atom. The molecule has 1 nitrogen and oxygen atoms in total. The van der Waals surface area contributed by atoms with E-state index in [-0.39, 0.29) is 0 Å². The lowest BCUT2D eigenvalue weighted by molar-refractivity contribution is 1.30. The fraction of sp³-hybridized carbons (Fsp3) is 0.0625. The van der Waals surface area contributed by atoms with Gasteiger partial charge in [0.15, 0.2) is 0 Å². The third kappa shape index (κ3) is 8.65. The van der Waals surface area contributed by atoms with Crippen molar-refractivity contribution in [3.05, 3.63) is 79.4 Å². The van der Waals surface area contributed by atoms with E-state index in [1.165, 1.54) is 0 Å². The molecule has 1 aromatic carbocycles. The Morgan fingerprint density at radius 1 is 1.18 bits per heavy atom. The molecule has 0 radical (unpaired) electrons. The van der Waals surface area contributed by atoms with E-state index in [0.29, 0.717) is 12.0 Å². The first-order valence-corrected chi connectivity index (χ1v) is 5.27. The second-order valence-corrected chi connectivity index (χ2v) is 3.20. The Morgan fingerprint density at radius 2 is 1.76 bits per heavy atom. The zero-order valence-corrected chi connectivity index (χ0v) is 9.97. The summed E-state index contributed by atoms with van der Waals surface area (Å²) < 4.78 is 0. The van der Waals surface area contributed by atoms with Gasteiger partial charge in [-0.25, -0.2) is 0 Å². The van der Waals surface area contributed by atoms with Gasteiger partial charge in [-0.2, -0.15) is 5.26 Å². The van der Waals surface area contributed by atoms with E-state index >= 15 is 0 Å². The van der Waals surface area contributed by atoms with Gasteiger partial charge in [0.25, 0.3) is 0 Å². The summed E-state index contributed by atoms with van der Waals surface area (Å²) in [4.78, 5) is 0. The molecule has 0 N–H and O–H groups in total. The summed E-state index contributed by atoms with van der Waals surface area (Å²) in [6.07, 6.45) is 7.84. The van der Waals surface area contributed by atoms with Crippen molar-refractivity contribution in [3.63, 3.8) is 0 Å². The maximum Gasteiger partial charge on any atom is 0.0944 e. The Hall–Kier alpha value is -2.33. The standard InChI is InChI=1S/C12H11N.C4H6/c1-11(10-13)6-5-9-12-7-3-2-4-8-12;1-3-4-2/h2-5,7-9H,1,6H2;3-4H,1-2H2. The van der Waals surface area contributed by atoms with Crippen molar-refractivity contribution in [2.45, 2.75) is 6.42 Å². The molecule has 1 aromatic rings. The van der Waals surface area contributed by atoms with Crippen molar-refractivity contribution in [3.8, 4) is 6.07 Å². The van der Waals surface area contributed by atoms with Crippen LogP contribution in [-0.4, -0.2) is 0 Å². The van der Waals surface area contributed by atoms with E-state index in [2.05, 4.69) is 19.7 Å². The number of nitrogens with zero attached hydrogens (tertiary/aromatic N) is 1. The van der Waals surface area contributed by atoms with E-state index in [4.69, 9.17) is 5.26 Å². The highest BCUT2D eigenvalue weighted by atomic mass is 14.2. The molecule has 0 bridgehead atoms. The summed E-state index contributed by atoms with van der Waals surface area (Å²) in [6, 6.07) is 12.0. The minimum atomic E-state index is 0.590. The van der Waals surface area contributed by atoms with Gasteiger partial charge in [0.1, 0.15) is 0 Å². The van der Waals surface area contributed by atoms with Crippen LogP contribution < -0.4 is 0 Å². The molecule has 1 rings (SSSR count). The normalized spacial score (nSPS) is 8.65. The molecule has 0 fully saturated rings. The molecule has 0 unspecified atom stereocenters. The highest BCUT2D eigenvalue weighted by Crippen LogP contribution is 2.04. The lowest BCUT2D eigenvalue weighted by Gasteiger charge is -1.90. The SMILES string of the molecule is C=C(C#N)CC=Cc1ccccc1.C=CC=C. The molecule has 0 spiro atoms. The first-order valence-electron chi connectivity index (χ1n) is 5.27. The van der Waals surface area contributed by atoms with Crippen LogP contribution in [0, 0.1) is 11.3 Å². The fourth-order valence-corrected chi connectivity index (χ4v) is 0.947. The van der Waals surface area contributed by atoms with Crippen LogP contribution >= 0.6 is 0 Å². The summed E-state index contributed by atoms with van der Waals surface area (Å²) >= 11 is 0. The van der Waals surface area contributed by atoms with Crippen LogP contribution in [0.4, 0.5) is 0 Å². The van der Waals surface area contributed by atoms with Crippen LogP contribution in [0.1, 0.15) is 12.0 Å². The molecule has 17 heavy (non-hydrogen) atoms. The molecule has 0 aromatic heterocycles. The Kier molecular flexibility index (Phi) is 8.80. The average Bonchev–Trinajstić information content (AvgIpc) is 2.40. The second kappa shape index (κ2) is 10.2. The van der Waals surface area contributed by atoms with Crippen molar-refractivity contribution in [2.24, 2.45) is 0 Å². The first-order chi connectivity index (χ1) is 8.24. The van der Waals surface area contributed by atoms with Gasteiger partial charge in [0, 0.05) is 12.0 Å². The Balaban J connectivity index is 0.000000557. The van der Waals surface area contributed by atoms with Crippen molar-refractivity contribution in [1.82, 2.24) is 0 Å². The van der Waals surface area contributed by atoms with Crippen molar-refractivity contribution in [2.75, 3.05) is 0 Å². The summed E-state index contributed by atoms with van der Waals surface area (Å²) in [7, 11) is 0. The zero-order valence-electron chi connectivity index (χ0n) is 9.97. The van der Waals surface area contributed by atoms with E-state index in [1.807, 2.05) is 48.6 Å². The van der Waals surface area contributed by atoms with E-state index in [0.717, 1.165) is 5.56 Å². The molecular weight excluding hydrogens is 206 g/mol. The topological polar surface area (TPSA) is 23.8 Å². The van der Waals surface area contributed by atoms with Crippen molar-refractivity contribution in [1.29, 1.82) is 5.26 Å². The Bertz CT molecular complexity index is 413. The molecule has 0 aliphatic carbocycles. The zero-order chi connectivity index (χ0) is 12.9. The van der Waals surface area contributed by atoms with Crippen LogP contribution in [0.25, 0.3) is 6.08 Å². The van der Waals surface area contributed by atoms with Gasteiger partial charge in [0.05, 0.1) is 6.07 Å². The van der Waals surface area contributed by atoms with Gasteiger partial charge in [0.2, 0.25) is 0 Å². The van der Waals surface area contributed by atoms with Gasteiger partial charge < -0.3 is 0 Å². The number of benzene rings is 1. The average molecular weight is 223 g/mol. The van der Waals surface area contributed by atoms with Crippen LogP contribution in [0.2, 0.25) is 0 Å². The molecule has 1 heteroatoms. The third-order valence-electron chi connectivity index (χ3n) is 1.80. The number of nitriles is 1. The highest BCUT2D eigenvalue weighted by molar-refractivity contribution is 5.49. The van der Waals surface area contributed by atoms with Crippen LogP contribution in [-0.2, 0) is 0 Å². The van der Waals surface area contributed by atoms with Gasteiger partial charge in [-0.3, -0.25) is 0 Å². The summed E-state index contributed by atoms with van der Waals surface area (Å²) in [6.45, 7) is 10.3. The molecule has 0 aliphatic heterocycles. The van der Waals surface area contributed by atoms with Crippen LogP contribution in [0.15, 0.2) is 73.9 Å². The number of rotatable bonds is 4. The van der Waals surface area contributed by atoms with Gasteiger partial charge in [-0.05, 0) is 5.56 Å². The van der Waals surface area contributed by atoms with Crippen molar-refractivity contribution >= 4 is 6.08 Å². The fourth-order valence-electron chi connectivity index (χ4n) is 0.947. The van der Waals surface area contributed by atoms with Crippen LogP contribution in [0.3, 0.4) is 0 Å². The molecule has 0 heterocycles. The molecule has 86 valence electrons. The highest BCUT2D eigenvalue weighted by Gasteiger charge is 1.86. The Labute approximate surface area is 104 Å². The maximum absolute atomic E-state index is 8.45. The minimum absolute atomic E-state index is 0.590. The summed E-state index contributed by atoms with van der Waals surface area (Å²) in [5, 5.41) is 8.45. The van der Waals surface area contributed by atoms with E-state index in [9.17, 15) is 0 Å². The predicted octanol–water partition coefficient (Wildman–Crippen LogP) is 4.53.